The van der Waals surface area contributed by atoms with Gasteiger partial charge in [0.1, 0.15) is 6.04 Å². The topological polar surface area (TPSA) is 93.1 Å². The molecule has 1 amide bonds. The average Bonchev–Trinajstić information content (AvgIpc) is 2.96. The van der Waals surface area contributed by atoms with Gasteiger partial charge >= 0.3 is 0 Å². The molecule has 2 aromatic carbocycles. The smallest absolute Gasteiger partial charge is 0.247 e. The Labute approximate surface area is 145 Å². The number of imidazole rings is 1. The van der Waals surface area contributed by atoms with Crippen LogP contribution >= 0.6 is 0 Å². The van der Waals surface area contributed by atoms with E-state index in [2.05, 4.69) is 15.0 Å². The van der Waals surface area contributed by atoms with Gasteiger partial charge in [0.05, 0.1) is 29.3 Å². The molecule has 8 heteroatoms. The predicted molar refractivity (Wildman–Crippen MR) is 98.0 cm³/mol. The highest BCUT2D eigenvalue weighted by Crippen LogP contribution is 2.20. The first-order valence-corrected chi connectivity index (χ1v) is 9.53. The Morgan fingerprint density at radius 2 is 1.84 bits per heavy atom. The van der Waals surface area contributed by atoms with E-state index in [1.54, 1.807) is 42.1 Å². The molecule has 0 spiro atoms. The van der Waals surface area contributed by atoms with Gasteiger partial charge in [0.25, 0.3) is 0 Å². The van der Waals surface area contributed by atoms with Gasteiger partial charge in [-0.2, -0.15) is 0 Å². The SMILES string of the molecule is C[C@@H](C(=O)Nc1cccc(NS(C)(=O)=O)c1)n1cnc2ccccc21. The summed E-state index contributed by atoms with van der Waals surface area (Å²) in [4.78, 5) is 16.8. The van der Waals surface area contributed by atoms with Crippen LogP contribution in [-0.2, 0) is 14.8 Å². The summed E-state index contributed by atoms with van der Waals surface area (Å²) < 4.78 is 26.8. The van der Waals surface area contributed by atoms with Crippen molar-refractivity contribution in [1.29, 1.82) is 0 Å². The molecule has 0 aliphatic rings. The van der Waals surface area contributed by atoms with Gasteiger partial charge in [0.2, 0.25) is 15.9 Å². The molecule has 0 unspecified atom stereocenters. The van der Waals surface area contributed by atoms with Crippen molar-refractivity contribution < 1.29 is 13.2 Å². The van der Waals surface area contributed by atoms with Crippen LogP contribution in [-0.4, -0.2) is 30.1 Å². The van der Waals surface area contributed by atoms with E-state index in [0.29, 0.717) is 11.4 Å². The number of nitrogens with one attached hydrogen (secondary N) is 2. The Morgan fingerprint density at radius 3 is 2.60 bits per heavy atom. The van der Waals surface area contributed by atoms with Crippen molar-refractivity contribution in [2.24, 2.45) is 0 Å². The van der Waals surface area contributed by atoms with Gasteiger partial charge in [-0.3, -0.25) is 9.52 Å². The van der Waals surface area contributed by atoms with E-state index in [4.69, 9.17) is 0 Å². The van der Waals surface area contributed by atoms with Crippen LogP contribution in [0.15, 0.2) is 54.9 Å². The highest BCUT2D eigenvalue weighted by atomic mass is 32.2. The molecule has 1 heterocycles. The fraction of sp³-hybridized carbons (Fsp3) is 0.176. The van der Waals surface area contributed by atoms with Crippen molar-refractivity contribution in [3.05, 3.63) is 54.9 Å². The van der Waals surface area contributed by atoms with Crippen LogP contribution in [0.1, 0.15) is 13.0 Å². The number of amides is 1. The van der Waals surface area contributed by atoms with Gasteiger partial charge in [0.15, 0.2) is 0 Å². The third kappa shape index (κ3) is 3.97. The number of anilines is 2. The molecule has 0 radical (unpaired) electrons. The second kappa shape index (κ2) is 6.56. The monoisotopic (exact) mass is 358 g/mol. The Hall–Kier alpha value is -2.87. The zero-order valence-electron chi connectivity index (χ0n) is 13.8. The first kappa shape index (κ1) is 17.0. The Balaban J connectivity index is 1.79. The molecule has 3 aromatic rings. The van der Waals surface area contributed by atoms with E-state index in [1.165, 1.54) is 0 Å². The molecular weight excluding hydrogens is 340 g/mol. The molecule has 130 valence electrons. The largest absolute Gasteiger partial charge is 0.324 e. The number of carbonyl (C=O) groups is 1. The van der Waals surface area contributed by atoms with Crippen LogP contribution in [0.5, 0.6) is 0 Å². The first-order chi connectivity index (χ1) is 11.8. The van der Waals surface area contributed by atoms with E-state index >= 15 is 0 Å². The molecule has 0 fully saturated rings. The van der Waals surface area contributed by atoms with E-state index in [-0.39, 0.29) is 5.91 Å². The minimum absolute atomic E-state index is 0.223. The number of para-hydroxylation sites is 2. The lowest BCUT2D eigenvalue weighted by atomic mass is 10.2. The molecule has 2 N–H and O–H groups in total. The third-order valence-corrected chi connectivity index (χ3v) is 4.32. The summed E-state index contributed by atoms with van der Waals surface area (Å²) in [5.74, 6) is -0.223. The van der Waals surface area contributed by atoms with Crippen LogP contribution in [0, 0.1) is 0 Å². The average molecular weight is 358 g/mol. The lowest BCUT2D eigenvalue weighted by Crippen LogP contribution is -2.23. The quantitative estimate of drug-likeness (QED) is 0.733. The number of rotatable bonds is 5. The zero-order valence-corrected chi connectivity index (χ0v) is 14.6. The molecular formula is C17H18N4O3S. The molecule has 7 nitrogen and oxygen atoms in total. The highest BCUT2D eigenvalue weighted by molar-refractivity contribution is 7.92. The minimum atomic E-state index is -3.37. The van der Waals surface area contributed by atoms with E-state index in [0.717, 1.165) is 17.3 Å². The molecule has 1 aromatic heterocycles. The number of nitrogens with zero attached hydrogens (tertiary/aromatic N) is 2. The molecule has 1 atom stereocenters. The maximum absolute atomic E-state index is 12.6. The van der Waals surface area contributed by atoms with E-state index in [9.17, 15) is 13.2 Å². The fourth-order valence-corrected chi connectivity index (χ4v) is 3.09. The summed E-state index contributed by atoms with van der Waals surface area (Å²) in [7, 11) is -3.37. The van der Waals surface area contributed by atoms with Crippen LogP contribution in [0.25, 0.3) is 11.0 Å². The van der Waals surface area contributed by atoms with Crippen molar-refractivity contribution in [2.75, 3.05) is 16.3 Å². The molecule has 0 bridgehead atoms. The summed E-state index contributed by atoms with van der Waals surface area (Å²) in [6, 6.07) is 13.7. The van der Waals surface area contributed by atoms with Crippen molar-refractivity contribution in [3.63, 3.8) is 0 Å². The van der Waals surface area contributed by atoms with Crippen molar-refractivity contribution in [1.82, 2.24) is 9.55 Å². The number of hydrogen-bond acceptors (Lipinski definition) is 4. The van der Waals surface area contributed by atoms with Crippen molar-refractivity contribution in [2.45, 2.75) is 13.0 Å². The van der Waals surface area contributed by atoms with Crippen molar-refractivity contribution in [3.8, 4) is 0 Å². The number of carbonyl (C=O) groups excluding carboxylic acids is 1. The Bertz CT molecular complexity index is 1030. The Morgan fingerprint density at radius 1 is 1.12 bits per heavy atom. The second-order valence-corrected chi connectivity index (χ2v) is 7.51. The minimum Gasteiger partial charge on any atom is -0.324 e. The van der Waals surface area contributed by atoms with Gasteiger partial charge in [-0.05, 0) is 37.3 Å². The molecule has 0 aliphatic carbocycles. The molecule has 25 heavy (non-hydrogen) atoms. The zero-order chi connectivity index (χ0) is 18.0. The van der Waals surface area contributed by atoms with Gasteiger partial charge in [0, 0.05) is 5.69 Å². The highest BCUT2D eigenvalue weighted by Gasteiger charge is 2.17. The number of hydrogen-bond donors (Lipinski definition) is 2. The number of benzene rings is 2. The molecule has 3 rings (SSSR count). The second-order valence-electron chi connectivity index (χ2n) is 5.76. The Kier molecular flexibility index (Phi) is 4.45. The summed E-state index contributed by atoms with van der Waals surface area (Å²) in [5.41, 5.74) is 2.59. The lowest BCUT2D eigenvalue weighted by molar-refractivity contribution is -0.118. The van der Waals surface area contributed by atoms with E-state index in [1.807, 2.05) is 24.3 Å². The van der Waals surface area contributed by atoms with Crippen molar-refractivity contribution >= 4 is 38.3 Å². The summed E-state index contributed by atoms with van der Waals surface area (Å²) in [6.07, 6.45) is 2.71. The maximum atomic E-state index is 12.6. The van der Waals surface area contributed by atoms with Crippen LogP contribution < -0.4 is 10.0 Å². The fourth-order valence-electron chi connectivity index (χ4n) is 2.53. The van der Waals surface area contributed by atoms with Gasteiger partial charge in [-0.15, -0.1) is 0 Å². The normalized spacial score (nSPS) is 12.7. The van der Waals surface area contributed by atoms with Crippen LogP contribution in [0.3, 0.4) is 0 Å². The summed E-state index contributed by atoms with van der Waals surface area (Å²) in [5, 5.41) is 2.80. The lowest BCUT2D eigenvalue weighted by Gasteiger charge is -2.15. The van der Waals surface area contributed by atoms with Gasteiger partial charge in [-0.25, -0.2) is 13.4 Å². The predicted octanol–water partition coefficient (Wildman–Crippen LogP) is 2.61. The molecule has 0 aliphatic heterocycles. The van der Waals surface area contributed by atoms with Gasteiger partial charge in [-0.1, -0.05) is 18.2 Å². The third-order valence-electron chi connectivity index (χ3n) is 3.71. The first-order valence-electron chi connectivity index (χ1n) is 7.64. The summed E-state index contributed by atoms with van der Waals surface area (Å²) in [6.45, 7) is 1.78. The standard InChI is InChI=1S/C17H18N4O3S/c1-12(21-11-18-15-8-3-4-9-16(15)21)17(22)19-13-6-5-7-14(10-13)20-25(2,23)24/h3-12,20H,1-2H3,(H,19,22)/t12-/m0/s1. The maximum Gasteiger partial charge on any atom is 0.247 e. The van der Waals surface area contributed by atoms with Crippen LogP contribution in [0.2, 0.25) is 0 Å². The number of fused-ring (bicyclic) bond motifs is 1. The van der Waals surface area contributed by atoms with Crippen LogP contribution in [0.4, 0.5) is 11.4 Å². The van der Waals surface area contributed by atoms with E-state index < -0.39 is 16.1 Å². The number of aromatic nitrogens is 2. The summed E-state index contributed by atoms with van der Waals surface area (Å²) >= 11 is 0. The van der Waals surface area contributed by atoms with Gasteiger partial charge < -0.3 is 9.88 Å². The number of sulfonamides is 1. The molecule has 0 saturated heterocycles. The molecule has 0 saturated carbocycles.